The SMILES string of the molecule is CS(=O)(=O)N1CCC(C(=O)N2CCN(c3ccccn3)CC2)CC1. The molecule has 2 saturated heterocycles. The van der Waals surface area contributed by atoms with Gasteiger partial charge in [-0.05, 0) is 25.0 Å². The maximum atomic E-state index is 12.7. The Hall–Kier alpha value is -1.67. The van der Waals surface area contributed by atoms with E-state index in [0.717, 1.165) is 18.9 Å². The minimum Gasteiger partial charge on any atom is -0.353 e. The Morgan fingerprint density at radius 2 is 1.75 bits per heavy atom. The van der Waals surface area contributed by atoms with Gasteiger partial charge in [0.1, 0.15) is 5.82 Å². The number of nitrogens with zero attached hydrogens (tertiary/aromatic N) is 4. The monoisotopic (exact) mass is 352 g/mol. The summed E-state index contributed by atoms with van der Waals surface area (Å²) in [6.45, 7) is 3.85. The summed E-state index contributed by atoms with van der Waals surface area (Å²) in [4.78, 5) is 21.1. The second-order valence-corrected chi connectivity index (χ2v) is 8.42. The van der Waals surface area contributed by atoms with E-state index in [2.05, 4.69) is 9.88 Å². The fourth-order valence-electron chi connectivity index (χ4n) is 3.39. The number of pyridine rings is 1. The van der Waals surface area contributed by atoms with Crippen LogP contribution in [0.4, 0.5) is 5.82 Å². The van der Waals surface area contributed by atoms with Crippen LogP contribution in [0.25, 0.3) is 0 Å². The van der Waals surface area contributed by atoms with Crippen molar-refractivity contribution in [1.82, 2.24) is 14.2 Å². The molecule has 2 aliphatic heterocycles. The standard InChI is InChI=1S/C16H24N4O3S/c1-24(22,23)20-8-5-14(6-9-20)16(21)19-12-10-18(11-13-19)15-4-2-3-7-17-15/h2-4,7,14H,5-6,8-13H2,1H3. The van der Waals surface area contributed by atoms with E-state index in [9.17, 15) is 13.2 Å². The molecule has 3 heterocycles. The number of aromatic nitrogens is 1. The van der Waals surface area contributed by atoms with Crippen LogP contribution >= 0.6 is 0 Å². The number of hydrogen-bond donors (Lipinski definition) is 0. The van der Waals surface area contributed by atoms with E-state index in [1.807, 2.05) is 23.1 Å². The number of piperidine rings is 1. The lowest BCUT2D eigenvalue weighted by Crippen LogP contribution is -2.52. The normalized spacial score (nSPS) is 21.0. The minimum absolute atomic E-state index is 0.0515. The van der Waals surface area contributed by atoms with Crippen molar-refractivity contribution in [2.75, 3.05) is 50.4 Å². The second kappa shape index (κ2) is 7.06. The minimum atomic E-state index is -3.14. The molecule has 0 saturated carbocycles. The Balaban J connectivity index is 1.51. The van der Waals surface area contributed by atoms with Gasteiger partial charge in [-0.15, -0.1) is 0 Å². The Labute approximate surface area is 143 Å². The van der Waals surface area contributed by atoms with Crippen molar-refractivity contribution in [3.8, 4) is 0 Å². The van der Waals surface area contributed by atoms with Crippen LogP contribution in [0.15, 0.2) is 24.4 Å². The van der Waals surface area contributed by atoms with E-state index in [1.54, 1.807) is 6.20 Å². The van der Waals surface area contributed by atoms with Crippen molar-refractivity contribution >= 4 is 21.7 Å². The van der Waals surface area contributed by atoms with Gasteiger partial charge >= 0.3 is 0 Å². The van der Waals surface area contributed by atoms with Gasteiger partial charge in [0.2, 0.25) is 15.9 Å². The summed E-state index contributed by atoms with van der Waals surface area (Å²) in [5, 5.41) is 0. The molecular formula is C16H24N4O3S. The zero-order valence-corrected chi connectivity index (χ0v) is 14.8. The molecule has 0 aliphatic carbocycles. The molecule has 0 spiro atoms. The van der Waals surface area contributed by atoms with Crippen LogP contribution in [0.3, 0.4) is 0 Å². The number of amides is 1. The molecule has 1 amide bonds. The third kappa shape index (κ3) is 3.87. The molecule has 0 bridgehead atoms. The molecule has 0 unspecified atom stereocenters. The number of sulfonamides is 1. The number of rotatable bonds is 3. The first-order chi connectivity index (χ1) is 11.4. The molecule has 1 aromatic rings. The van der Waals surface area contributed by atoms with Gasteiger partial charge in [0, 0.05) is 51.4 Å². The Kier molecular flexibility index (Phi) is 5.05. The van der Waals surface area contributed by atoms with Crippen LogP contribution in [0, 0.1) is 5.92 Å². The summed E-state index contributed by atoms with van der Waals surface area (Å²) in [6, 6.07) is 5.85. The van der Waals surface area contributed by atoms with E-state index >= 15 is 0 Å². The maximum absolute atomic E-state index is 12.7. The summed E-state index contributed by atoms with van der Waals surface area (Å²) in [6.07, 6.45) is 4.24. The fourth-order valence-corrected chi connectivity index (χ4v) is 4.26. The first-order valence-corrected chi connectivity index (χ1v) is 10.2. The summed E-state index contributed by atoms with van der Waals surface area (Å²) in [7, 11) is -3.14. The summed E-state index contributed by atoms with van der Waals surface area (Å²) < 4.78 is 24.6. The Morgan fingerprint density at radius 3 is 2.29 bits per heavy atom. The molecule has 0 atom stereocenters. The first-order valence-electron chi connectivity index (χ1n) is 8.35. The third-order valence-electron chi connectivity index (χ3n) is 4.84. The highest BCUT2D eigenvalue weighted by atomic mass is 32.2. The van der Waals surface area contributed by atoms with Crippen molar-refractivity contribution in [2.45, 2.75) is 12.8 Å². The van der Waals surface area contributed by atoms with Crippen LogP contribution in [0.5, 0.6) is 0 Å². The van der Waals surface area contributed by atoms with Crippen molar-refractivity contribution in [3.63, 3.8) is 0 Å². The molecule has 3 rings (SSSR count). The molecule has 0 N–H and O–H groups in total. The van der Waals surface area contributed by atoms with Gasteiger partial charge in [-0.25, -0.2) is 17.7 Å². The smallest absolute Gasteiger partial charge is 0.225 e. The summed E-state index contributed by atoms with van der Waals surface area (Å²) in [5.41, 5.74) is 0. The molecular weight excluding hydrogens is 328 g/mol. The van der Waals surface area contributed by atoms with Crippen molar-refractivity contribution in [2.24, 2.45) is 5.92 Å². The van der Waals surface area contributed by atoms with E-state index in [-0.39, 0.29) is 11.8 Å². The van der Waals surface area contributed by atoms with Gasteiger partial charge in [0.25, 0.3) is 0 Å². The maximum Gasteiger partial charge on any atom is 0.225 e. The Bertz CT molecular complexity index is 664. The van der Waals surface area contributed by atoms with E-state index in [4.69, 9.17) is 0 Å². The van der Waals surface area contributed by atoms with E-state index in [1.165, 1.54) is 10.6 Å². The van der Waals surface area contributed by atoms with Gasteiger partial charge in [0.15, 0.2) is 0 Å². The number of piperazine rings is 1. The lowest BCUT2D eigenvalue weighted by atomic mass is 9.96. The van der Waals surface area contributed by atoms with Crippen LogP contribution in [0.2, 0.25) is 0 Å². The average molecular weight is 352 g/mol. The molecule has 7 nitrogen and oxygen atoms in total. The molecule has 8 heteroatoms. The molecule has 2 fully saturated rings. The summed E-state index contributed by atoms with van der Waals surface area (Å²) in [5.74, 6) is 1.07. The lowest BCUT2D eigenvalue weighted by molar-refractivity contribution is -0.137. The zero-order chi connectivity index (χ0) is 17.2. The molecule has 2 aliphatic rings. The third-order valence-corrected chi connectivity index (χ3v) is 6.14. The highest BCUT2D eigenvalue weighted by molar-refractivity contribution is 7.88. The molecule has 0 radical (unpaired) electrons. The van der Waals surface area contributed by atoms with Crippen molar-refractivity contribution < 1.29 is 13.2 Å². The number of anilines is 1. The van der Waals surface area contributed by atoms with Crippen molar-refractivity contribution in [3.05, 3.63) is 24.4 Å². The number of carbonyl (C=O) groups is 1. The van der Waals surface area contributed by atoms with Gasteiger partial charge in [-0.1, -0.05) is 6.07 Å². The van der Waals surface area contributed by atoms with Gasteiger partial charge < -0.3 is 9.80 Å². The quantitative estimate of drug-likeness (QED) is 0.787. The average Bonchev–Trinajstić information content (AvgIpc) is 2.61. The van der Waals surface area contributed by atoms with E-state index < -0.39 is 10.0 Å². The zero-order valence-electron chi connectivity index (χ0n) is 14.0. The molecule has 24 heavy (non-hydrogen) atoms. The summed E-state index contributed by atoms with van der Waals surface area (Å²) >= 11 is 0. The topological polar surface area (TPSA) is 73.8 Å². The van der Waals surface area contributed by atoms with Gasteiger partial charge in [-0.2, -0.15) is 0 Å². The molecule has 1 aromatic heterocycles. The van der Waals surface area contributed by atoms with Crippen molar-refractivity contribution in [1.29, 1.82) is 0 Å². The van der Waals surface area contributed by atoms with Crippen LogP contribution in [-0.2, 0) is 14.8 Å². The van der Waals surface area contributed by atoms with Gasteiger partial charge in [-0.3, -0.25) is 4.79 Å². The second-order valence-electron chi connectivity index (χ2n) is 6.44. The highest BCUT2D eigenvalue weighted by Crippen LogP contribution is 2.22. The first kappa shape index (κ1) is 17.2. The number of carbonyl (C=O) groups excluding carboxylic acids is 1. The van der Waals surface area contributed by atoms with Crippen LogP contribution in [0.1, 0.15) is 12.8 Å². The Morgan fingerprint density at radius 1 is 1.08 bits per heavy atom. The number of hydrogen-bond acceptors (Lipinski definition) is 5. The predicted octanol–water partition coefficient (Wildman–Crippen LogP) is 0.402. The molecule has 0 aromatic carbocycles. The molecule has 132 valence electrons. The van der Waals surface area contributed by atoms with Crippen LogP contribution < -0.4 is 4.90 Å². The highest BCUT2D eigenvalue weighted by Gasteiger charge is 2.32. The van der Waals surface area contributed by atoms with Crippen LogP contribution in [-0.4, -0.2) is 74.0 Å². The van der Waals surface area contributed by atoms with Gasteiger partial charge in [0.05, 0.1) is 6.26 Å². The lowest BCUT2D eigenvalue weighted by Gasteiger charge is -2.38. The fraction of sp³-hybridized carbons (Fsp3) is 0.625. The van der Waals surface area contributed by atoms with E-state index in [0.29, 0.717) is 39.0 Å². The largest absolute Gasteiger partial charge is 0.353 e. The predicted molar refractivity (Wildman–Crippen MR) is 92.2 cm³/mol.